The molecule has 0 aliphatic rings. The molecular formula is C11H15N3. The molecule has 14 heavy (non-hydrogen) atoms. The molecule has 0 bridgehead atoms. The summed E-state index contributed by atoms with van der Waals surface area (Å²) in [4.78, 5) is 4.48. The average Bonchev–Trinajstić information content (AvgIpc) is 2.42. The van der Waals surface area contributed by atoms with E-state index in [-0.39, 0.29) is 0 Å². The van der Waals surface area contributed by atoms with Crippen LogP contribution >= 0.6 is 0 Å². The third kappa shape index (κ3) is 1.16. The Morgan fingerprint density at radius 2 is 2.07 bits per heavy atom. The molecule has 0 saturated heterocycles. The topological polar surface area (TPSA) is 43.8 Å². The van der Waals surface area contributed by atoms with Gasteiger partial charge in [0, 0.05) is 6.04 Å². The van der Waals surface area contributed by atoms with Crippen molar-refractivity contribution in [3.05, 3.63) is 24.0 Å². The summed E-state index contributed by atoms with van der Waals surface area (Å²) in [6, 6.07) is 6.25. The Morgan fingerprint density at radius 1 is 1.36 bits per heavy atom. The summed E-state index contributed by atoms with van der Waals surface area (Å²) < 4.78 is 2.17. The number of aromatic nitrogens is 2. The highest BCUT2D eigenvalue weighted by atomic mass is 15.1. The Hall–Kier alpha value is -1.51. The molecule has 0 spiro atoms. The first kappa shape index (κ1) is 9.06. The van der Waals surface area contributed by atoms with E-state index in [4.69, 9.17) is 5.73 Å². The number of hydrogen-bond donors (Lipinski definition) is 1. The molecule has 0 amide bonds. The number of rotatable bonds is 1. The van der Waals surface area contributed by atoms with Gasteiger partial charge in [-0.25, -0.2) is 4.98 Å². The molecule has 74 valence electrons. The second-order valence-corrected chi connectivity index (χ2v) is 3.84. The average molecular weight is 189 g/mol. The van der Waals surface area contributed by atoms with Gasteiger partial charge in [0.1, 0.15) is 5.82 Å². The lowest BCUT2D eigenvalue weighted by Crippen LogP contribution is -2.04. The highest BCUT2D eigenvalue weighted by molar-refractivity contribution is 5.87. The minimum Gasteiger partial charge on any atom is -0.397 e. The van der Waals surface area contributed by atoms with E-state index in [2.05, 4.69) is 23.4 Å². The molecule has 1 aromatic heterocycles. The van der Waals surface area contributed by atoms with Gasteiger partial charge in [-0.2, -0.15) is 0 Å². The zero-order valence-electron chi connectivity index (χ0n) is 8.78. The van der Waals surface area contributed by atoms with Crippen LogP contribution in [0.2, 0.25) is 0 Å². The SMILES string of the molecule is Cc1nc2cccc(N)c2n1C(C)C. The van der Waals surface area contributed by atoms with Crippen molar-refractivity contribution in [2.24, 2.45) is 0 Å². The van der Waals surface area contributed by atoms with Gasteiger partial charge in [-0.3, -0.25) is 0 Å². The molecule has 3 nitrogen and oxygen atoms in total. The van der Waals surface area contributed by atoms with Gasteiger partial charge in [-0.05, 0) is 32.9 Å². The van der Waals surface area contributed by atoms with Crippen molar-refractivity contribution in [1.82, 2.24) is 9.55 Å². The lowest BCUT2D eigenvalue weighted by Gasteiger charge is -2.11. The van der Waals surface area contributed by atoms with Gasteiger partial charge in [0.05, 0.1) is 16.7 Å². The molecule has 2 N–H and O–H groups in total. The number of para-hydroxylation sites is 1. The fraction of sp³-hybridized carbons (Fsp3) is 0.364. The van der Waals surface area contributed by atoms with Crippen LogP contribution < -0.4 is 5.73 Å². The van der Waals surface area contributed by atoms with E-state index in [1.165, 1.54) is 0 Å². The van der Waals surface area contributed by atoms with Crippen LogP contribution in [0.25, 0.3) is 11.0 Å². The predicted molar refractivity (Wildman–Crippen MR) is 59.3 cm³/mol. The van der Waals surface area contributed by atoms with E-state index in [9.17, 15) is 0 Å². The van der Waals surface area contributed by atoms with Gasteiger partial charge in [0.15, 0.2) is 0 Å². The van der Waals surface area contributed by atoms with Crippen LogP contribution in [0.3, 0.4) is 0 Å². The third-order valence-electron chi connectivity index (χ3n) is 2.43. The van der Waals surface area contributed by atoms with Gasteiger partial charge in [0.25, 0.3) is 0 Å². The van der Waals surface area contributed by atoms with Crippen LogP contribution in [0.15, 0.2) is 18.2 Å². The van der Waals surface area contributed by atoms with Crippen LogP contribution in [0, 0.1) is 6.92 Å². The molecule has 3 heteroatoms. The Kier molecular flexibility index (Phi) is 1.95. The number of nitrogens with two attached hydrogens (primary N) is 1. The molecule has 1 aromatic carbocycles. The predicted octanol–water partition coefficient (Wildman–Crippen LogP) is 2.51. The number of fused-ring (bicyclic) bond motifs is 1. The Bertz CT molecular complexity index is 469. The third-order valence-corrected chi connectivity index (χ3v) is 2.43. The van der Waals surface area contributed by atoms with Crippen molar-refractivity contribution in [2.75, 3.05) is 5.73 Å². The summed E-state index contributed by atoms with van der Waals surface area (Å²) in [6.07, 6.45) is 0. The van der Waals surface area contributed by atoms with E-state index in [1.54, 1.807) is 0 Å². The maximum atomic E-state index is 5.95. The van der Waals surface area contributed by atoms with Gasteiger partial charge in [0.2, 0.25) is 0 Å². The standard InChI is InChI=1S/C11H15N3/c1-7(2)14-8(3)13-10-6-4-5-9(12)11(10)14/h4-7H,12H2,1-3H3. The fourth-order valence-electron chi connectivity index (χ4n) is 1.92. The van der Waals surface area contributed by atoms with E-state index >= 15 is 0 Å². The van der Waals surface area contributed by atoms with E-state index < -0.39 is 0 Å². The summed E-state index contributed by atoms with van der Waals surface area (Å²) >= 11 is 0. The molecule has 2 rings (SSSR count). The molecule has 1 heterocycles. The van der Waals surface area contributed by atoms with Crippen molar-refractivity contribution in [3.63, 3.8) is 0 Å². The number of benzene rings is 1. The molecular weight excluding hydrogens is 174 g/mol. The number of aryl methyl sites for hydroxylation is 1. The minimum atomic E-state index is 0.393. The molecule has 0 unspecified atom stereocenters. The molecule has 0 atom stereocenters. The molecule has 2 aromatic rings. The van der Waals surface area contributed by atoms with Gasteiger partial charge < -0.3 is 10.3 Å². The van der Waals surface area contributed by atoms with Crippen LogP contribution in [-0.2, 0) is 0 Å². The summed E-state index contributed by atoms with van der Waals surface area (Å²) in [5, 5.41) is 0. The summed E-state index contributed by atoms with van der Waals surface area (Å²) in [6.45, 7) is 6.29. The fourth-order valence-corrected chi connectivity index (χ4v) is 1.92. The van der Waals surface area contributed by atoms with Crippen molar-refractivity contribution >= 4 is 16.7 Å². The Morgan fingerprint density at radius 3 is 2.71 bits per heavy atom. The second-order valence-electron chi connectivity index (χ2n) is 3.84. The maximum absolute atomic E-state index is 5.95. The molecule has 0 aliphatic heterocycles. The zero-order valence-corrected chi connectivity index (χ0v) is 8.78. The zero-order chi connectivity index (χ0) is 10.3. The van der Waals surface area contributed by atoms with Crippen molar-refractivity contribution in [1.29, 1.82) is 0 Å². The highest BCUT2D eigenvalue weighted by Crippen LogP contribution is 2.25. The smallest absolute Gasteiger partial charge is 0.107 e. The number of anilines is 1. The summed E-state index contributed by atoms with van der Waals surface area (Å²) in [5.74, 6) is 1.02. The van der Waals surface area contributed by atoms with Crippen LogP contribution in [0.5, 0.6) is 0 Å². The van der Waals surface area contributed by atoms with Crippen LogP contribution in [0.4, 0.5) is 5.69 Å². The number of nitrogens with zero attached hydrogens (tertiary/aromatic N) is 2. The first-order valence-electron chi connectivity index (χ1n) is 4.84. The minimum absolute atomic E-state index is 0.393. The highest BCUT2D eigenvalue weighted by Gasteiger charge is 2.11. The maximum Gasteiger partial charge on any atom is 0.107 e. The van der Waals surface area contributed by atoms with E-state index in [0.29, 0.717) is 6.04 Å². The largest absolute Gasteiger partial charge is 0.397 e. The summed E-state index contributed by atoms with van der Waals surface area (Å²) in [7, 11) is 0. The lowest BCUT2D eigenvalue weighted by atomic mass is 10.2. The van der Waals surface area contributed by atoms with E-state index in [1.807, 2.05) is 25.1 Å². The monoisotopic (exact) mass is 189 g/mol. The number of hydrogen-bond acceptors (Lipinski definition) is 2. The molecule has 0 radical (unpaired) electrons. The normalized spacial score (nSPS) is 11.4. The Balaban J connectivity index is 2.86. The summed E-state index contributed by atoms with van der Waals surface area (Å²) in [5.41, 5.74) is 8.79. The molecule has 0 saturated carbocycles. The first-order valence-corrected chi connectivity index (χ1v) is 4.84. The molecule has 0 fully saturated rings. The van der Waals surface area contributed by atoms with Gasteiger partial charge in [-0.1, -0.05) is 6.07 Å². The van der Waals surface area contributed by atoms with Crippen LogP contribution in [-0.4, -0.2) is 9.55 Å². The molecule has 0 aliphatic carbocycles. The number of nitrogen functional groups attached to an aromatic ring is 1. The van der Waals surface area contributed by atoms with Crippen molar-refractivity contribution < 1.29 is 0 Å². The van der Waals surface area contributed by atoms with Gasteiger partial charge >= 0.3 is 0 Å². The van der Waals surface area contributed by atoms with Crippen molar-refractivity contribution in [2.45, 2.75) is 26.8 Å². The van der Waals surface area contributed by atoms with E-state index in [0.717, 1.165) is 22.5 Å². The second kappa shape index (κ2) is 3.01. The first-order chi connectivity index (χ1) is 6.61. The lowest BCUT2D eigenvalue weighted by molar-refractivity contribution is 0.600. The van der Waals surface area contributed by atoms with Crippen molar-refractivity contribution in [3.8, 4) is 0 Å². The van der Waals surface area contributed by atoms with Crippen LogP contribution in [0.1, 0.15) is 25.7 Å². The Labute approximate surface area is 83.6 Å². The van der Waals surface area contributed by atoms with Gasteiger partial charge in [-0.15, -0.1) is 0 Å². The quantitative estimate of drug-likeness (QED) is 0.700. The number of imidazole rings is 1.